The lowest BCUT2D eigenvalue weighted by Crippen LogP contribution is -2.10. The van der Waals surface area contributed by atoms with E-state index in [0.717, 1.165) is 11.8 Å². The van der Waals surface area contributed by atoms with Crippen LogP contribution in [0.15, 0.2) is 0 Å². The predicted molar refractivity (Wildman–Crippen MR) is 66.6 cm³/mol. The van der Waals surface area contributed by atoms with Gasteiger partial charge in [-0.25, -0.2) is 0 Å². The van der Waals surface area contributed by atoms with Crippen molar-refractivity contribution in [3.8, 4) is 0 Å². The summed E-state index contributed by atoms with van der Waals surface area (Å²) in [5, 5.41) is 0. The third-order valence-electron chi connectivity index (χ3n) is 3.52. The van der Waals surface area contributed by atoms with Crippen LogP contribution in [0.5, 0.6) is 0 Å². The van der Waals surface area contributed by atoms with Crippen molar-refractivity contribution in [3.63, 3.8) is 0 Å². The molecule has 0 fully saturated rings. The number of hydrogen-bond acceptors (Lipinski definition) is 0. The summed E-state index contributed by atoms with van der Waals surface area (Å²) in [6.45, 7) is 9.40. The van der Waals surface area contributed by atoms with Crippen LogP contribution in [0.3, 0.4) is 0 Å². The molecule has 0 aliphatic carbocycles. The van der Waals surface area contributed by atoms with Crippen LogP contribution in [0.1, 0.15) is 79.1 Å². The molecular weight excluding hydrogens is 168 g/mol. The van der Waals surface area contributed by atoms with Gasteiger partial charge in [-0.05, 0) is 11.8 Å². The van der Waals surface area contributed by atoms with Crippen molar-refractivity contribution in [1.82, 2.24) is 0 Å². The maximum atomic E-state index is 2.45. The fourth-order valence-corrected chi connectivity index (χ4v) is 2.31. The van der Waals surface area contributed by atoms with Gasteiger partial charge in [0.15, 0.2) is 0 Å². The van der Waals surface area contributed by atoms with E-state index in [1.165, 1.54) is 51.4 Å². The lowest BCUT2D eigenvalue weighted by molar-refractivity contribution is 0.294. The molecule has 0 saturated carbocycles. The van der Waals surface area contributed by atoms with Crippen molar-refractivity contribution < 1.29 is 0 Å². The molecule has 0 bridgehead atoms. The molecule has 0 radical (unpaired) electrons. The van der Waals surface area contributed by atoms with E-state index in [-0.39, 0.29) is 0 Å². The molecule has 0 aliphatic rings. The third kappa shape index (κ3) is 6.45. The van der Waals surface area contributed by atoms with Crippen LogP contribution in [0.2, 0.25) is 0 Å². The molecule has 0 aliphatic heterocycles. The van der Waals surface area contributed by atoms with E-state index in [9.17, 15) is 0 Å². The second kappa shape index (κ2) is 9.55. The molecule has 0 spiro atoms. The Bertz CT molecular complexity index is 107. The Hall–Kier alpha value is 0. The van der Waals surface area contributed by atoms with Gasteiger partial charge in [0.2, 0.25) is 0 Å². The van der Waals surface area contributed by atoms with Gasteiger partial charge in [0.1, 0.15) is 0 Å². The molecule has 0 N–H and O–H groups in total. The van der Waals surface area contributed by atoms with Crippen molar-refractivity contribution in [2.45, 2.75) is 79.1 Å². The van der Waals surface area contributed by atoms with Crippen LogP contribution in [0.4, 0.5) is 0 Å². The minimum absolute atomic E-state index is 0.955. The molecule has 0 heterocycles. The summed E-state index contributed by atoms with van der Waals surface area (Å²) in [5.41, 5.74) is 0. The maximum Gasteiger partial charge on any atom is -0.0391 e. The van der Waals surface area contributed by atoms with Crippen molar-refractivity contribution in [3.05, 3.63) is 0 Å². The zero-order valence-electron chi connectivity index (χ0n) is 10.8. The third-order valence-corrected chi connectivity index (χ3v) is 3.52. The smallest absolute Gasteiger partial charge is 0.0391 e. The van der Waals surface area contributed by atoms with Gasteiger partial charge >= 0.3 is 0 Å². The molecule has 0 amide bonds. The predicted octanol–water partition coefficient (Wildman–Crippen LogP) is 5.42. The van der Waals surface area contributed by atoms with Gasteiger partial charge in [-0.2, -0.15) is 0 Å². The van der Waals surface area contributed by atoms with Crippen LogP contribution < -0.4 is 0 Å². The summed E-state index contributed by atoms with van der Waals surface area (Å²) in [6.07, 6.45) is 11.3. The quantitative estimate of drug-likeness (QED) is 0.434. The first-order valence-electron chi connectivity index (χ1n) is 6.76. The average molecular weight is 198 g/mol. The number of rotatable bonds is 9. The Labute approximate surface area is 91.5 Å². The molecule has 2 unspecified atom stereocenters. The molecule has 2 atom stereocenters. The van der Waals surface area contributed by atoms with Crippen LogP contribution in [-0.2, 0) is 0 Å². The summed E-state index contributed by atoms with van der Waals surface area (Å²) in [5.74, 6) is 1.95. The van der Waals surface area contributed by atoms with Gasteiger partial charge in [-0.3, -0.25) is 0 Å². The Balaban J connectivity index is 3.62. The Kier molecular flexibility index (Phi) is 9.55. The minimum Gasteiger partial charge on any atom is -0.0654 e. The van der Waals surface area contributed by atoms with Crippen LogP contribution >= 0.6 is 0 Å². The second-order valence-electron chi connectivity index (χ2n) is 4.78. The van der Waals surface area contributed by atoms with Crippen LogP contribution in [0.25, 0.3) is 0 Å². The van der Waals surface area contributed by atoms with E-state index >= 15 is 0 Å². The minimum atomic E-state index is 0.955. The van der Waals surface area contributed by atoms with E-state index in [2.05, 4.69) is 27.7 Å². The van der Waals surface area contributed by atoms with E-state index in [4.69, 9.17) is 0 Å². The maximum absolute atomic E-state index is 2.45. The molecule has 0 rings (SSSR count). The monoisotopic (exact) mass is 198 g/mol. The highest BCUT2D eigenvalue weighted by Crippen LogP contribution is 2.26. The van der Waals surface area contributed by atoms with Gasteiger partial charge < -0.3 is 0 Å². The highest BCUT2D eigenvalue weighted by atomic mass is 14.2. The fourth-order valence-electron chi connectivity index (χ4n) is 2.31. The van der Waals surface area contributed by atoms with Gasteiger partial charge in [0.05, 0.1) is 0 Å². The molecule has 0 saturated heterocycles. The van der Waals surface area contributed by atoms with Crippen LogP contribution in [-0.4, -0.2) is 0 Å². The van der Waals surface area contributed by atoms with Crippen molar-refractivity contribution in [2.75, 3.05) is 0 Å². The van der Waals surface area contributed by atoms with Crippen LogP contribution in [0, 0.1) is 11.8 Å². The summed E-state index contributed by atoms with van der Waals surface area (Å²) >= 11 is 0. The largest absolute Gasteiger partial charge is 0.0654 e. The Morgan fingerprint density at radius 2 is 1.43 bits per heavy atom. The topological polar surface area (TPSA) is 0 Å². The van der Waals surface area contributed by atoms with E-state index in [1.54, 1.807) is 0 Å². The first-order valence-corrected chi connectivity index (χ1v) is 6.76. The molecule has 0 aromatic rings. The highest BCUT2D eigenvalue weighted by molar-refractivity contribution is 4.65. The molecule has 0 aromatic carbocycles. The first kappa shape index (κ1) is 14.0. The van der Waals surface area contributed by atoms with Gasteiger partial charge in [0, 0.05) is 0 Å². The van der Waals surface area contributed by atoms with Crippen molar-refractivity contribution >= 4 is 0 Å². The van der Waals surface area contributed by atoms with Gasteiger partial charge in [-0.15, -0.1) is 0 Å². The average Bonchev–Trinajstić information content (AvgIpc) is 2.21. The Morgan fingerprint density at radius 3 is 1.93 bits per heavy atom. The first-order chi connectivity index (χ1) is 6.76. The molecule has 14 heavy (non-hydrogen) atoms. The normalized spacial score (nSPS) is 15.4. The van der Waals surface area contributed by atoms with E-state index in [0.29, 0.717) is 0 Å². The second-order valence-corrected chi connectivity index (χ2v) is 4.78. The zero-order chi connectivity index (χ0) is 10.8. The molecule has 0 aromatic heterocycles. The van der Waals surface area contributed by atoms with Crippen molar-refractivity contribution in [2.24, 2.45) is 11.8 Å². The summed E-state index contributed by atoms with van der Waals surface area (Å²) in [6, 6.07) is 0. The lowest BCUT2D eigenvalue weighted by Gasteiger charge is -2.22. The molecule has 0 heteroatoms. The summed E-state index contributed by atoms with van der Waals surface area (Å²) in [7, 11) is 0. The molecule has 86 valence electrons. The highest BCUT2D eigenvalue weighted by Gasteiger charge is 2.13. The molecule has 0 nitrogen and oxygen atoms in total. The zero-order valence-corrected chi connectivity index (χ0v) is 10.8. The van der Waals surface area contributed by atoms with Crippen molar-refractivity contribution in [1.29, 1.82) is 0 Å². The van der Waals surface area contributed by atoms with E-state index in [1.807, 2.05) is 0 Å². The lowest BCUT2D eigenvalue weighted by atomic mass is 9.84. The Morgan fingerprint density at radius 1 is 0.786 bits per heavy atom. The van der Waals surface area contributed by atoms with Gasteiger partial charge in [-0.1, -0.05) is 79.1 Å². The molecular formula is C14H30. The fraction of sp³-hybridized carbons (Fsp3) is 1.00. The SMILES string of the molecule is CCCCCC(CC)C(C)CCCC. The summed E-state index contributed by atoms with van der Waals surface area (Å²) in [4.78, 5) is 0. The summed E-state index contributed by atoms with van der Waals surface area (Å²) < 4.78 is 0. The van der Waals surface area contributed by atoms with Gasteiger partial charge in [0.25, 0.3) is 0 Å². The standard InChI is InChI=1S/C14H30/c1-5-8-10-12-14(7-3)13(4)11-9-6-2/h13-14H,5-12H2,1-4H3. The number of hydrogen-bond donors (Lipinski definition) is 0. The van der Waals surface area contributed by atoms with E-state index < -0.39 is 0 Å². The number of unbranched alkanes of at least 4 members (excludes halogenated alkanes) is 3.